The molecular formula is C14H17ClN4O. The van der Waals surface area contributed by atoms with E-state index in [4.69, 9.17) is 17.3 Å². The van der Waals surface area contributed by atoms with E-state index in [2.05, 4.69) is 10.4 Å². The lowest BCUT2D eigenvalue weighted by Gasteiger charge is -2.18. The quantitative estimate of drug-likeness (QED) is 0.904. The summed E-state index contributed by atoms with van der Waals surface area (Å²) < 4.78 is 1.61. The van der Waals surface area contributed by atoms with Gasteiger partial charge in [-0.3, -0.25) is 9.48 Å². The Balaban J connectivity index is 2.06. The third-order valence-electron chi connectivity index (χ3n) is 3.10. The van der Waals surface area contributed by atoms with Crippen LogP contribution in [0.2, 0.25) is 5.02 Å². The normalized spacial score (nSPS) is 13.8. The van der Waals surface area contributed by atoms with Crippen LogP contribution in [0.5, 0.6) is 0 Å². The maximum absolute atomic E-state index is 12.1. The molecular weight excluding hydrogens is 276 g/mol. The van der Waals surface area contributed by atoms with Crippen molar-refractivity contribution in [2.45, 2.75) is 19.0 Å². The van der Waals surface area contributed by atoms with Crippen LogP contribution in [0.1, 0.15) is 30.1 Å². The number of nitrogens with two attached hydrogens (primary N) is 1. The number of rotatable bonds is 4. The first-order chi connectivity index (χ1) is 9.49. The van der Waals surface area contributed by atoms with Gasteiger partial charge >= 0.3 is 0 Å². The molecule has 1 heterocycles. The standard InChI is InChI=1S/C14H17ClN4O/c1-9(11-5-3-4-6-12(11)15)18-14(20)13(16)10-7-17-19(2)8-10/h3-9,13H,16H2,1-2H3,(H,18,20)/t9-,13?/m1/s1. The predicted molar refractivity (Wildman–Crippen MR) is 78.1 cm³/mol. The molecule has 6 heteroatoms. The molecule has 0 spiro atoms. The van der Waals surface area contributed by atoms with Crippen molar-refractivity contribution in [2.24, 2.45) is 12.8 Å². The van der Waals surface area contributed by atoms with Gasteiger partial charge in [-0.25, -0.2) is 0 Å². The molecule has 0 saturated heterocycles. The van der Waals surface area contributed by atoms with E-state index >= 15 is 0 Å². The summed E-state index contributed by atoms with van der Waals surface area (Å²) in [5, 5.41) is 7.49. The van der Waals surface area contributed by atoms with Crippen LogP contribution in [0.25, 0.3) is 0 Å². The molecule has 0 aliphatic heterocycles. The summed E-state index contributed by atoms with van der Waals surface area (Å²) >= 11 is 6.11. The van der Waals surface area contributed by atoms with Crippen molar-refractivity contribution in [2.75, 3.05) is 0 Å². The van der Waals surface area contributed by atoms with E-state index in [1.807, 2.05) is 25.1 Å². The van der Waals surface area contributed by atoms with Crippen molar-refractivity contribution in [1.82, 2.24) is 15.1 Å². The average Bonchev–Trinajstić information content (AvgIpc) is 2.84. The van der Waals surface area contributed by atoms with Gasteiger partial charge in [0.25, 0.3) is 0 Å². The Kier molecular flexibility index (Phi) is 4.42. The van der Waals surface area contributed by atoms with E-state index < -0.39 is 6.04 Å². The number of carbonyl (C=O) groups is 1. The van der Waals surface area contributed by atoms with Crippen molar-refractivity contribution < 1.29 is 4.79 Å². The fourth-order valence-electron chi connectivity index (χ4n) is 1.96. The van der Waals surface area contributed by atoms with Gasteiger partial charge in [0.2, 0.25) is 5.91 Å². The maximum atomic E-state index is 12.1. The van der Waals surface area contributed by atoms with Gasteiger partial charge in [-0.15, -0.1) is 0 Å². The van der Waals surface area contributed by atoms with Crippen molar-refractivity contribution in [1.29, 1.82) is 0 Å². The number of nitrogens with one attached hydrogen (secondary N) is 1. The van der Waals surface area contributed by atoms with Crippen molar-refractivity contribution >= 4 is 17.5 Å². The monoisotopic (exact) mass is 292 g/mol. The van der Waals surface area contributed by atoms with Gasteiger partial charge in [0, 0.05) is 23.8 Å². The zero-order chi connectivity index (χ0) is 14.7. The van der Waals surface area contributed by atoms with Gasteiger partial charge in [-0.2, -0.15) is 5.10 Å². The lowest BCUT2D eigenvalue weighted by atomic mass is 10.1. The Morgan fingerprint density at radius 1 is 1.45 bits per heavy atom. The second kappa shape index (κ2) is 6.07. The Bertz CT molecular complexity index is 611. The number of aromatic nitrogens is 2. The molecule has 106 valence electrons. The van der Waals surface area contributed by atoms with Crippen molar-refractivity contribution in [3.05, 3.63) is 52.8 Å². The second-order valence-corrected chi connectivity index (χ2v) is 5.08. The fourth-order valence-corrected chi connectivity index (χ4v) is 2.26. The number of benzene rings is 1. The van der Waals surface area contributed by atoms with Crippen LogP contribution in [0, 0.1) is 0 Å². The molecule has 20 heavy (non-hydrogen) atoms. The van der Waals surface area contributed by atoms with E-state index in [-0.39, 0.29) is 11.9 Å². The van der Waals surface area contributed by atoms with Gasteiger partial charge in [-0.05, 0) is 18.6 Å². The van der Waals surface area contributed by atoms with Crippen LogP contribution in [0.4, 0.5) is 0 Å². The molecule has 2 aromatic rings. The first-order valence-electron chi connectivity index (χ1n) is 6.28. The zero-order valence-electron chi connectivity index (χ0n) is 11.4. The maximum Gasteiger partial charge on any atom is 0.242 e. The van der Waals surface area contributed by atoms with Crippen LogP contribution in [0.15, 0.2) is 36.7 Å². The van der Waals surface area contributed by atoms with Crippen LogP contribution in [0.3, 0.4) is 0 Å². The molecule has 0 radical (unpaired) electrons. The zero-order valence-corrected chi connectivity index (χ0v) is 12.1. The van der Waals surface area contributed by atoms with Crippen molar-refractivity contribution in [3.63, 3.8) is 0 Å². The summed E-state index contributed by atoms with van der Waals surface area (Å²) in [5.74, 6) is -0.259. The molecule has 2 rings (SSSR count). The third kappa shape index (κ3) is 3.18. The van der Waals surface area contributed by atoms with E-state index in [9.17, 15) is 4.79 Å². The summed E-state index contributed by atoms with van der Waals surface area (Å²) in [7, 11) is 1.78. The SMILES string of the molecule is C[C@@H](NC(=O)C(N)c1cnn(C)c1)c1ccccc1Cl. The summed E-state index contributed by atoms with van der Waals surface area (Å²) in [5.41, 5.74) is 7.46. The lowest BCUT2D eigenvalue weighted by molar-refractivity contribution is -0.123. The Labute approximate surface area is 122 Å². The van der Waals surface area contributed by atoms with Gasteiger partial charge in [0.15, 0.2) is 0 Å². The highest BCUT2D eigenvalue weighted by Gasteiger charge is 2.20. The molecule has 3 N–H and O–H groups in total. The first-order valence-corrected chi connectivity index (χ1v) is 6.65. The topological polar surface area (TPSA) is 72.9 Å². The number of carbonyl (C=O) groups excluding carboxylic acids is 1. The molecule has 5 nitrogen and oxygen atoms in total. The van der Waals surface area contributed by atoms with Gasteiger partial charge < -0.3 is 11.1 Å². The van der Waals surface area contributed by atoms with Crippen LogP contribution < -0.4 is 11.1 Å². The molecule has 2 atom stereocenters. The molecule has 0 aliphatic carbocycles. The van der Waals surface area contributed by atoms with Crippen LogP contribution >= 0.6 is 11.6 Å². The second-order valence-electron chi connectivity index (χ2n) is 4.68. The first kappa shape index (κ1) is 14.6. The molecule has 1 aromatic carbocycles. The Morgan fingerprint density at radius 3 is 2.75 bits per heavy atom. The number of aryl methyl sites for hydroxylation is 1. The molecule has 1 aromatic heterocycles. The molecule has 0 aliphatic rings. The smallest absolute Gasteiger partial charge is 0.242 e. The summed E-state index contributed by atoms with van der Waals surface area (Å²) in [6.07, 6.45) is 3.31. The highest BCUT2D eigenvalue weighted by Crippen LogP contribution is 2.22. The molecule has 0 bridgehead atoms. The molecule has 1 unspecified atom stereocenters. The summed E-state index contributed by atoms with van der Waals surface area (Å²) in [4.78, 5) is 12.1. The number of halogens is 1. The van der Waals surface area contributed by atoms with Gasteiger partial charge in [0.1, 0.15) is 6.04 Å². The number of hydrogen-bond acceptors (Lipinski definition) is 3. The minimum absolute atomic E-state index is 0.209. The van der Waals surface area contributed by atoms with Crippen LogP contribution in [-0.4, -0.2) is 15.7 Å². The van der Waals surface area contributed by atoms with Crippen molar-refractivity contribution in [3.8, 4) is 0 Å². The molecule has 1 amide bonds. The number of amides is 1. The third-order valence-corrected chi connectivity index (χ3v) is 3.44. The summed E-state index contributed by atoms with van der Waals surface area (Å²) in [6, 6.07) is 6.45. The Hall–Kier alpha value is -1.85. The Morgan fingerprint density at radius 2 is 2.15 bits per heavy atom. The van der Waals surface area contributed by atoms with Crippen LogP contribution in [-0.2, 0) is 11.8 Å². The predicted octanol–water partition coefficient (Wildman–Crippen LogP) is 1.95. The summed E-state index contributed by atoms with van der Waals surface area (Å²) in [6.45, 7) is 1.87. The molecule has 0 fully saturated rings. The van der Waals surface area contributed by atoms with Gasteiger partial charge in [-0.1, -0.05) is 29.8 Å². The lowest BCUT2D eigenvalue weighted by Crippen LogP contribution is -2.35. The highest BCUT2D eigenvalue weighted by atomic mass is 35.5. The number of hydrogen-bond donors (Lipinski definition) is 2. The minimum atomic E-state index is -0.742. The van der Waals surface area contributed by atoms with E-state index in [1.165, 1.54) is 0 Å². The largest absolute Gasteiger partial charge is 0.348 e. The van der Waals surface area contributed by atoms with E-state index in [1.54, 1.807) is 30.2 Å². The average molecular weight is 293 g/mol. The van der Waals surface area contributed by atoms with E-state index in [0.29, 0.717) is 10.6 Å². The molecule has 0 saturated carbocycles. The minimum Gasteiger partial charge on any atom is -0.348 e. The van der Waals surface area contributed by atoms with Gasteiger partial charge in [0.05, 0.1) is 12.2 Å². The number of nitrogens with zero attached hydrogens (tertiary/aromatic N) is 2. The fraction of sp³-hybridized carbons (Fsp3) is 0.286. The highest BCUT2D eigenvalue weighted by molar-refractivity contribution is 6.31. The van der Waals surface area contributed by atoms with E-state index in [0.717, 1.165) is 5.56 Å².